The first-order valence-electron chi connectivity index (χ1n) is 4.84. The standard InChI is InChI=1S/C10H15NO2S2/c1-3-13-10(12)5-4-8-6-15-9(11-8)7-14-2/h6H,3-5,7H2,1-2H3. The van der Waals surface area contributed by atoms with E-state index in [-0.39, 0.29) is 5.97 Å². The number of carbonyl (C=O) groups is 1. The van der Waals surface area contributed by atoms with Gasteiger partial charge in [0.25, 0.3) is 0 Å². The molecule has 84 valence electrons. The van der Waals surface area contributed by atoms with E-state index in [2.05, 4.69) is 11.2 Å². The van der Waals surface area contributed by atoms with Gasteiger partial charge in [-0.3, -0.25) is 4.79 Å². The number of rotatable bonds is 6. The van der Waals surface area contributed by atoms with Crippen molar-refractivity contribution in [1.29, 1.82) is 0 Å². The number of esters is 1. The fraction of sp³-hybridized carbons (Fsp3) is 0.600. The lowest BCUT2D eigenvalue weighted by Gasteiger charge is -1.99. The van der Waals surface area contributed by atoms with Crippen LogP contribution < -0.4 is 0 Å². The second-order valence-electron chi connectivity index (χ2n) is 2.97. The quantitative estimate of drug-likeness (QED) is 0.722. The summed E-state index contributed by atoms with van der Waals surface area (Å²) in [5.41, 5.74) is 0.997. The zero-order valence-electron chi connectivity index (χ0n) is 8.99. The number of thioether (sulfide) groups is 1. The normalized spacial score (nSPS) is 10.3. The minimum atomic E-state index is -0.142. The van der Waals surface area contributed by atoms with E-state index in [1.165, 1.54) is 0 Å². The van der Waals surface area contributed by atoms with Crippen molar-refractivity contribution in [3.63, 3.8) is 0 Å². The van der Waals surface area contributed by atoms with Crippen molar-refractivity contribution < 1.29 is 9.53 Å². The summed E-state index contributed by atoms with van der Waals surface area (Å²) in [6.45, 7) is 2.27. The number of nitrogens with zero attached hydrogens (tertiary/aromatic N) is 1. The van der Waals surface area contributed by atoms with Crippen LogP contribution in [0.15, 0.2) is 5.38 Å². The number of aromatic nitrogens is 1. The van der Waals surface area contributed by atoms with Gasteiger partial charge >= 0.3 is 5.97 Å². The Morgan fingerprint density at radius 1 is 1.67 bits per heavy atom. The van der Waals surface area contributed by atoms with Gasteiger partial charge in [-0.05, 0) is 13.2 Å². The molecule has 1 heterocycles. The zero-order valence-corrected chi connectivity index (χ0v) is 10.6. The Morgan fingerprint density at radius 3 is 3.13 bits per heavy atom. The van der Waals surface area contributed by atoms with Gasteiger partial charge in [0.05, 0.1) is 18.7 Å². The molecule has 0 atom stereocenters. The molecule has 1 aromatic rings. The predicted octanol–water partition coefficient (Wildman–Crippen LogP) is 2.50. The highest BCUT2D eigenvalue weighted by molar-refractivity contribution is 7.97. The average Bonchev–Trinajstić information content (AvgIpc) is 2.64. The molecule has 15 heavy (non-hydrogen) atoms. The highest BCUT2D eigenvalue weighted by Gasteiger charge is 2.05. The summed E-state index contributed by atoms with van der Waals surface area (Å²) in [5.74, 6) is 0.807. The summed E-state index contributed by atoms with van der Waals surface area (Å²) in [6.07, 6.45) is 3.17. The fourth-order valence-electron chi connectivity index (χ4n) is 1.12. The first-order valence-corrected chi connectivity index (χ1v) is 7.11. The third-order valence-electron chi connectivity index (χ3n) is 1.76. The van der Waals surface area contributed by atoms with E-state index in [0.717, 1.165) is 16.5 Å². The molecule has 0 aliphatic heterocycles. The van der Waals surface area contributed by atoms with Gasteiger partial charge < -0.3 is 4.74 Å². The topological polar surface area (TPSA) is 39.2 Å². The van der Waals surface area contributed by atoms with Crippen LogP contribution in [0.25, 0.3) is 0 Å². The van der Waals surface area contributed by atoms with Crippen LogP contribution in [0.5, 0.6) is 0 Å². The summed E-state index contributed by atoms with van der Waals surface area (Å²) in [4.78, 5) is 15.5. The molecule has 0 aliphatic carbocycles. The van der Waals surface area contributed by atoms with Gasteiger partial charge in [-0.1, -0.05) is 0 Å². The molecule has 0 bridgehead atoms. The lowest BCUT2D eigenvalue weighted by Crippen LogP contribution is -2.05. The maximum atomic E-state index is 11.1. The minimum Gasteiger partial charge on any atom is -0.466 e. The Labute approximate surface area is 98.2 Å². The van der Waals surface area contributed by atoms with Gasteiger partial charge in [0.2, 0.25) is 0 Å². The van der Waals surface area contributed by atoms with Crippen LogP contribution in [0.2, 0.25) is 0 Å². The number of ether oxygens (including phenoxy) is 1. The van der Waals surface area contributed by atoms with E-state index in [0.29, 0.717) is 19.4 Å². The average molecular weight is 245 g/mol. The Balaban J connectivity index is 2.34. The highest BCUT2D eigenvalue weighted by atomic mass is 32.2. The molecule has 3 nitrogen and oxygen atoms in total. The number of carbonyl (C=O) groups excluding carboxylic acids is 1. The summed E-state index contributed by atoms with van der Waals surface area (Å²) in [6, 6.07) is 0. The van der Waals surface area contributed by atoms with Crippen molar-refractivity contribution in [2.75, 3.05) is 12.9 Å². The highest BCUT2D eigenvalue weighted by Crippen LogP contribution is 2.16. The largest absolute Gasteiger partial charge is 0.466 e. The molecule has 0 saturated heterocycles. The van der Waals surface area contributed by atoms with Gasteiger partial charge in [0.15, 0.2) is 0 Å². The molecule has 0 amide bonds. The zero-order chi connectivity index (χ0) is 11.1. The molecule has 0 spiro atoms. The van der Waals surface area contributed by atoms with E-state index in [4.69, 9.17) is 4.74 Å². The lowest BCUT2D eigenvalue weighted by atomic mass is 10.2. The molecule has 0 fully saturated rings. The van der Waals surface area contributed by atoms with Gasteiger partial charge in [0.1, 0.15) is 5.01 Å². The maximum Gasteiger partial charge on any atom is 0.306 e. The van der Waals surface area contributed by atoms with Crippen LogP contribution in [0.1, 0.15) is 24.0 Å². The van der Waals surface area contributed by atoms with E-state index < -0.39 is 0 Å². The number of thiazole rings is 1. The van der Waals surface area contributed by atoms with Crippen LogP contribution in [-0.4, -0.2) is 23.8 Å². The number of hydrogen-bond donors (Lipinski definition) is 0. The van der Waals surface area contributed by atoms with Crippen LogP contribution >= 0.6 is 23.1 Å². The maximum absolute atomic E-state index is 11.1. The molecule has 0 unspecified atom stereocenters. The van der Waals surface area contributed by atoms with Crippen LogP contribution in [0, 0.1) is 0 Å². The monoisotopic (exact) mass is 245 g/mol. The number of aryl methyl sites for hydroxylation is 1. The van der Waals surface area contributed by atoms with E-state index in [1.54, 1.807) is 23.1 Å². The summed E-state index contributed by atoms with van der Waals surface area (Å²) < 4.78 is 4.85. The van der Waals surface area contributed by atoms with E-state index in [1.807, 2.05) is 12.3 Å². The summed E-state index contributed by atoms with van der Waals surface area (Å²) >= 11 is 3.41. The molecule has 0 N–H and O–H groups in total. The third-order valence-corrected chi connectivity index (χ3v) is 3.40. The summed E-state index contributed by atoms with van der Waals surface area (Å²) in [5, 5.41) is 3.14. The van der Waals surface area contributed by atoms with Crippen molar-refractivity contribution in [3.05, 3.63) is 16.1 Å². The Bertz CT molecular complexity index is 312. The third kappa shape index (κ3) is 4.66. The second kappa shape index (κ2) is 6.85. The molecule has 1 aromatic heterocycles. The van der Waals surface area contributed by atoms with Crippen molar-refractivity contribution >= 4 is 29.1 Å². The molecule has 0 radical (unpaired) electrons. The molecule has 0 aliphatic rings. The number of hydrogen-bond acceptors (Lipinski definition) is 5. The van der Waals surface area contributed by atoms with Crippen molar-refractivity contribution in [3.8, 4) is 0 Å². The van der Waals surface area contributed by atoms with Crippen molar-refractivity contribution in [2.45, 2.75) is 25.5 Å². The predicted molar refractivity (Wildman–Crippen MR) is 64.3 cm³/mol. The Kier molecular flexibility index (Phi) is 5.71. The van der Waals surface area contributed by atoms with Crippen LogP contribution in [-0.2, 0) is 21.7 Å². The Hall–Kier alpha value is -0.550. The van der Waals surface area contributed by atoms with Gasteiger partial charge in [-0.25, -0.2) is 4.98 Å². The smallest absolute Gasteiger partial charge is 0.306 e. The first-order chi connectivity index (χ1) is 7.26. The molecule has 0 aromatic carbocycles. The lowest BCUT2D eigenvalue weighted by molar-refractivity contribution is -0.143. The van der Waals surface area contributed by atoms with Crippen LogP contribution in [0.3, 0.4) is 0 Å². The second-order valence-corrected chi connectivity index (χ2v) is 4.78. The Morgan fingerprint density at radius 2 is 2.47 bits per heavy atom. The molecule has 1 rings (SSSR count). The fourth-order valence-corrected chi connectivity index (χ4v) is 2.67. The minimum absolute atomic E-state index is 0.142. The first kappa shape index (κ1) is 12.5. The van der Waals surface area contributed by atoms with E-state index in [9.17, 15) is 4.79 Å². The van der Waals surface area contributed by atoms with Gasteiger partial charge in [-0.2, -0.15) is 11.8 Å². The van der Waals surface area contributed by atoms with Crippen molar-refractivity contribution in [1.82, 2.24) is 4.98 Å². The molecule has 0 saturated carbocycles. The van der Waals surface area contributed by atoms with Crippen molar-refractivity contribution in [2.24, 2.45) is 0 Å². The molecule has 5 heteroatoms. The SMILES string of the molecule is CCOC(=O)CCc1csc(CSC)n1. The van der Waals surface area contributed by atoms with E-state index >= 15 is 0 Å². The molecular weight excluding hydrogens is 230 g/mol. The molecular formula is C10H15NO2S2. The summed E-state index contributed by atoms with van der Waals surface area (Å²) in [7, 11) is 0. The van der Waals surface area contributed by atoms with Crippen LogP contribution in [0.4, 0.5) is 0 Å². The van der Waals surface area contributed by atoms with Gasteiger partial charge in [0, 0.05) is 17.6 Å². The van der Waals surface area contributed by atoms with Gasteiger partial charge in [-0.15, -0.1) is 11.3 Å².